The van der Waals surface area contributed by atoms with Crippen LogP contribution in [-0.4, -0.2) is 23.0 Å². The third-order valence-corrected chi connectivity index (χ3v) is 3.03. The maximum absolute atomic E-state index is 10.8. The molecule has 4 heteroatoms. The van der Waals surface area contributed by atoms with Crippen molar-refractivity contribution in [2.24, 2.45) is 0 Å². The van der Waals surface area contributed by atoms with Gasteiger partial charge in [0.2, 0.25) is 0 Å². The minimum atomic E-state index is -0.962. The van der Waals surface area contributed by atoms with Crippen LogP contribution in [0.3, 0.4) is 0 Å². The molecule has 0 amide bonds. The van der Waals surface area contributed by atoms with Gasteiger partial charge < -0.3 is 9.52 Å². The Morgan fingerprint density at radius 3 is 2.68 bits per heavy atom. The first-order chi connectivity index (χ1) is 9.06. The van der Waals surface area contributed by atoms with Gasteiger partial charge in [-0.1, -0.05) is 24.3 Å². The van der Waals surface area contributed by atoms with E-state index in [9.17, 15) is 4.79 Å². The zero-order valence-corrected chi connectivity index (χ0v) is 11.1. The molecule has 2 rings (SSSR count). The highest BCUT2D eigenvalue weighted by Crippen LogP contribution is 2.14. The van der Waals surface area contributed by atoms with Crippen molar-refractivity contribution < 1.29 is 14.3 Å². The lowest BCUT2D eigenvalue weighted by molar-refractivity contribution is 0.0696. The first kappa shape index (κ1) is 13.4. The van der Waals surface area contributed by atoms with Crippen LogP contribution < -0.4 is 0 Å². The molecule has 19 heavy (non-hydrogen) atoms. The lowest BCUT2D eigenvalue weighted by Crippen LogP contribution is -2.17. The van der Waals surface area contributed by atoms with Gasteiger partial charge in [0.15, 0.2) is 0 Å². The average Bonchev–Trinajstić information content (AvgIpc) is 2.80. The molecule has 1 N–H and O–H groups in total. The molecule has 4 nitrogen and oxygen atoms in total. The molecule has 1 aromatic heterocycles. The number of carboxylic acids is 1. The second-order valence-electron chi connectivity index (χ2n) is 4.71. The molecule has 100 valence electrons. The summed E-state index contributed by atoms with van der Waals surface area (Å²) in [4.78, 5) is 12.9. The van der Waals surface area contributed by atoms with E-state index in [1.807, 2.05) is 19.2 Å². The first-order valence-electron chi connectivity index (χ1n) is 6.10. The molecular weight excluding hydrogens is 242 g/mol. The first-order valence-corrected chi connectivity index (χ1v) is 6.10. The van der Waals surface area contributed by atoms with Gasteiger partial charge in [0.05, 0.1) is 12.1 Å². The van der Waals surface area contributed by atoms with Gasteiger partial charge in [-0.15, -0.1) is 0 Å². The smallest absolute Gasteiger partial charge is 0.338 e. The average molecular weight is 259 g/mol. The van der Waals surface area contributed by atoms with Crippen molar-refractivity contribution in [1.29, 1.82) is 0 Å². The number of carboxylic acid groups (broad SMARTS) is 1. The van der Waals surface area contributed by atoms with Crippen molar-refractivity contribution in [3.63, 3.8) is 0 Å². The molecule has 0 saturated carbocycles. The zero-order chi connectivity index (χ0) is 13.8. The molecule has 0 aliphatic carbocycles. The summed E-state index contributed by atoms with van der Waals surface area (Å²) in [5.41, 5.74) is 2.70. The quantitative estimate of drug-likeness (QED) is 0.897. The Kier molecular flexibility index (Phi) is 4.02. The Morgan fingerprint density at radius 2 is 2.05 bits per heavy atom. The Morgan fingerprint density at radius 1 is 1.32 bits per heavy atom. The second-order valence-corrected chi connectivity index (χ2v) is 4.71. The summed E-state index contributed by atoms with van der Waals surface area (Å²) in [6.07, 6.45) is 1.28. The van der Waals surface area contributed by atoms with Gasteiger partial charge in [-0.25, -0.2) is 4.79 Å². The zero-order valence-electron chi connectivity index (χ0n) is 11.1. The molecular formula is C15H17NO3. The van der Waals surface area contributed by atoms with Crippen LogP contribution in [-0.2, 0) is 13.1 Å². The summed E-state index contributed by atoms with van der Waals surface area (Å²) < 4.78 is 5.24. The molecule has 0 unspecified atom stereocenters. The van der Waals surface area contributed by atoms with Gasteiger partial charge >= 0.3 is 5.97 Å². The number of rotatable bonds is 5. The molecule has 0 bridgehead atoms. The van der Waals surface area contributed by atoms with Crippen molar-refractivity contribution in [3.8, 4) is 0 Å². The van der Waals surface area contributed by atoms with Gasteiger partial charge in [-0.3, -0.25) is 4.90 Å². The molecule has 0 aliphatic heterocycles. The SMILES string of the molecule is Cc1ccccc1CN(C)Cc1cc(C(=O)O)co1. The number of benzene rings is 1. The van der Waals surface area contributed by atoms with Crippen LogP contribution in [0.4, 0.5) is 0 Å². The van der Waals surface area contributed by atoms with Crippen LogP contribution in [0, 0.1) is 6.92 Å². The summed E-state index contributed by atoms with van der Waals surface area (Å²) >= 11 is 0. The predicted octanol–water partition coefficient (Wildman–Crippen LogP) is 2.92. The van der Waals surface area contributed by atoms with Crippen LogP contribution >= 0.6 is 0 Å². The van der Waals surface area contributed by atoms with E-state index in [-0.39, 0.29) is 5.56 Å². The third-order valence-electron chi connectivity index (χ3n) is 3.03. The standard InChI is InChI=1S/C15H17NO3/c1-11-5-3-4-6-12(11)8-16(2)9-14-7-13(10-19-14)15(17)18/h3-7,10H,8-9H2,1-2H3,(H,17,18). The summed E-state index contributed by atoms with van der Waals surface area (Å²) in [7, 11) is 1.98. The van der Waals surface area contributed by atoms with E-state index in [1.165, 1.54) is 17.4 Å². The number of carbonyl (C=O) groups is 1. The molecule has 0 saturated heterocycles. The van der Waals surface area contributed by atoms with Crippen LogP contribution in [0.5, 0.6) is 0 Å². The summed E-state index contributed by atoms with van der Waals surface area (Å²) in [5.74, 6) is -0.301. The highest BCUT2D eigenvalue weighted by atomic mass is 16.4. The number of hydrogen-bond donors (Lipinski definition) is 1. The van der Waals surface area contributed by atoms with E-state index in [4.69, 9.17) is 9.52 Å². The minimum absolute atomic E-state index is 0.194. The Labute approximate surface area is 112 Å². The monoisotopic (exact) mass is 259 g/mol. The molecule has 0 spiro atoms. The number of nitrogens with zero attached hydrogens (tertiary/aromatic N) is 1. The van der Waals surface area contributed by atoms with E-state index >= 15 is 0 Å². The molecule has 0 radical (unpaired) electrons. The fraction of sp³-hybridized carbons (Fsp3) is 0.267. The number of aryl methyl sites for hydroxylation is 1. The molecule has 2 aromatic rings. The fourth-order valence-corrected chi connectivity index (χ4v) is 1.98. The van der Waals surface area contributed by atoms with E-state index in [2.05, 4.69) is 24.0 Å². The van der Waals surface area contributed by atoms with Crippen molar-refractivity contribution in [2.75, 3.05) is 7.05 Å². The Bertz CT molecular complexity index is 574. The van der Waals surface area contributed by atoms with Crippen molar-refractivity contribution in [2.45, 2.75) is 20.0 Å². The largest absolute Gasteiger partial charge is 0.478 e. The molecule has 0 fully saturated rings. The molecule has 1 aromatic carbocycles. The fourth-order valence-electron chi connectivity index (χ4n) is 1.98. The summed E-state index contributed by atoms with van der Waals surface area (Å²) in [6, 6.07) is 9.78. The van der Waals surface area contributed by atoms with Crippen molar-refractivity contribution in [3.05, 3.63) is 59.0 Å². The molecule has 0 aliphatic rings. The number of aromatic carboxylic acids is 1. The minimum Gasteiger partial charge on any atom is -0.478 e. The maximum Gasteiger partial charge on any atom is 0.338 e. The Balaban J connectivity index is 1.99. The van der Waals surface area contributed by atoms with E-state index in [1.54, 1.807) is 6.07 Å². The highest BCUT2D eigenvalue weighted by Gasteiger charge is 2.10. The number of hydrogen-bond acceptors (Lipinski definition) is 3. The van der Waals surface area contributed by atoms with Gasteiger partial charge in [-0.2, -0.15) is 0 Å². The van der Waals surface area contributed by atoms with Crippen molar-refractivity contribution >= 4 is 5.97 Å². The lowest BCUT2D eigenvalue weighted by Gasteiger charge is -2.16. The Hall–Kier alpha value is -2.07. The number of furan rings is 1. The lowest BCUT2D eigenvalue weighted by atomic mass is 10.1. The predicted molar refractivity (Wildman–Crippen MR) is 72.0 cm³/mol. The maximum atomic E-state index is 10.8. The van der Waals surface area contributed by atoms with E-state index < -0.39 is 5.97 Å². The summed E-state index contributed by atoms with van der Waals surface area (Å²) in [5, 5.41) is 8.83. The van der Waals surface area contributed by atoms with Gasteiger partial charge in [0.1, 0.15) is 12.0 Å². The van der Waals surface area contributed by atoms with Gasteiger partial charge in [-0.05, 0) is 31.2 Å². The van der Waals surface area contributed by atoms with Crippen molar-refractivity contribution in [1.82, 2.24) is 4.90 Å². The molecule has 1 heterocycles. The topological polar surface area (TPSA) is 53.7 Å². The van der Waals surface area contributed by atoms with Crippen LogP contribution in [0.1, 0.15) is 27.2 Å². The normalized spacial score (nSPS) is 10.9. The van der Waals surface area contributed by atoms with Crippen LogP contribution in [0.25, 0.3) is 0 Å². The van der Waals surface area contributed by atoms with Gasteiger partial charge in [0.25, 0.3) is 0 Å². The van der Waals surface area contributed by atoms with Crippen LogP contribution in [0.2, 0.25) is 0 Å². The second kappa shape index (κ2) is 5.71. The van der Waals surface area contributed by atoms with E-state index in [0.717, 1.165) is 6.54 Å². The highest BCUT2D eigenvalue weighted by molar-refractivity contribution is 5.87. The third kappa shape index (κ3) is 3.45. The van der Waals surface area contributed by atoms with E-state index in [0.29, 0.717) is 12.3 Å². The van der Waals surface area contributed by atoms with Gasteiger partial charge in [0, 0.05) is 6.54 Å². The van der Waals surface area contributed by atoms with Crippen LogP contribution in [0.15, 0.2) is 41.0 Å². The molecule has 0 atom stereocenters. The summed E-state index contributed by atoms with van der Waals surface area (Å²) in [6.45, 7) is 3.47.